The topological polar surface area (TPSA) is 26.0 Å². The molecule has 0 bridgehead atoms. The number of rotatable bonds is 3. The lowest BCUT2D eigenvalue weighted by Gasteiger charge is -2.27. The standard InChI is InChI=1S/C11H13Cl4N/c1-11(2,3-4-16)8-6(12)5-7(13)9(14)10(8)15/h5H,3-4,16H2,1-2H3. The average molecular weight is 301 g/mol. The van der Waals surface area contributed by atoms with Crippen molar-refractivity contribution in [2.75, 3.05) is 6.54 Å². The summed E-state index contributed by atoms with van der Waals surface area (Å²) in [6.07, 6.45) is 0.768. The quantitative estimate of drug-likeness (QED) is 0.622. The molecule has 0 amide bonds. The Bertz CT molecular complexity index is 401. The second kappa shape index (κ2) is 5.32. The van der Waals surface area contributed by atoms with Crippen molar-refractivity contribution < 1.29 is 0 Å². The Hall–Kier alpha value is 0.340. The molecule has 0 radical (unpaired) electrons. The van der Waals surface area contributed by atoms with Crippen LogP contribution >= 0.6 is 46.4 Å². The zero-order valence-electron chi connectivity index (χ0n) is 9.08. The maximum absolute atomic E-state index is 6.18. The monoisotopic (exact) mass is 299 g/mol. The Morgan fingerprint density at radius 2 is 1.62 bits per heavy atom. The van der Waals surface area contributed by atoms with Crippen LogP contribution in [0.3, 0.4) is 0 Å². The summed E-state index contributed by atoms with van der Waals surface area (Å²) in [5.41, 5.74) is 6.15. The zero-order valence-corrected chi connectivity index (χ0v) is 12.1. The van der Waals surface area contributed by atoms with Crippen molar-refractivity contribution in [3.05, 3.63) is 31.7 Å². The van der Waals surface area contributed by atoms with E-state index >= 15 is 0 Å². The summed E-state index contributed by atoms with van der Waals surface area (Å²) in [5, 5.41) is 1.65. The van der Waals surface area contributed by atoms with Crippen molar-refractivity contribution in [3.63, 3.8) is 0 Å². The van der Waals surface area contributed by atoms with Gasteiger partial charge in [0.05, 0.1) is 15.1 Å². The first-order chi connectivity index (χ1) is 7.31. The van der Waals surface area contributed by atoms with Crippen LogP contribution in [0.2, 0.25) is 20.1 Å². The van der Waals surface area contributed by atoms with Gasteiger partial charge in [-0.2, -0.15) is 0 Å². The van der Waals surface area contributed by atoms with Crippen LogP contribution in [-0.4, -0.2) is 6.54 Å². The van der Waals surface area contributed by atoms with Gasteiger partial charge in [-0.05, 0) is 30.0 Å². The van der Waals surface area contributed by atoms with Crippen molar-refractivity contribution in [1.82, 2.24) is 0 Å². The van der Waals surface area contributed by atoms with E-state index in [0.717, 1.165) is 12.0 Å². The summed E-state index contributed by atoms with van der Waals surface area (Å²) in [6.45, 7) is 4.61. The Kier molecular flexibility index (Phi) is 4.79. The molecule has 1 aromatic rings. The highest BCUT2D eigenvalue weighted by Crippen LogP contribution is 2.44. The second-order valence-corrected chi connectivity index (χ2v) is 5.84. The molecule has 0 fully saturated rings. The molecule has 0 spiro atoms. The van der Waals surface area contributed by atoms with Crippen LogP contribution < -0.4 is 5.73 Å². The molecule has 0 saturated heterocycles. The first-order valence-electron chi connectivity index (χ1n) is 4.85. The smallest absolute Gasteiger partial charge is 0.0782 e. The van der Waals surface area contributed by atoms with Gasteiger partial charge in [0, 0.05) is 5.02 Å². The van der Waals surface area contributed by atoms with E-state index in [1.807, 2.05) is 13.8 Å². The van der Waals surface area contributed by atoms with E-state index in [0.29, 0.717) is 26.6 Å². The maximum atomic E-state index is 6.18. The molecule has 0 aliphatic rings. The van der Waals surface area contributed by atoms with Crippen LogP contribution in [-0.2, 0) is 5.41 Å². The van der Waals surface area contributed by atoms with Crippen LogP contribution in [0.15, 0.2) is 6.07 Å². The number of hydrogen-bond donors (Lipinski definition) is 1. The largest absolute Gasteiger partial charge is 0.330 e. The first-order valence-corrected chi connectivity index (χ1v) is 6.36. The van der Waals surface area contributed by atoms with Gasteiger partial charge >= 0.3 is 0 Å². The third kappa shape index (κ3) is 2.77. The SMILES string of the molecule is CC(C)(CCN)c1c(Cl)cc(Cl)c(Cl)c1Cl. The molecule has 16 heavy (non-hydrogen) atoms. The van der Waals surface area contributed by atoms with Crippen molar-refractivity contribution in [3.8, 4) is 0 Å². The van der Waals surface area contributed by atoms with Crippen LogP contribution in [0.4, 0.5) is 0 Å². The highest BCUT2D eigenvalue weighted by Gasteiger charge is 2.27. The van der Waals surface area contributed by atoms with Gasteiger partial charge in [-0.15, -0.1) is 0 Å². The Balaban J connectivity index is 3.39. The van der Waals surface area contributed by atoms with E-state index < -0.39 is 0 Å². The lowest BCUT2D eigenvalue weighted by molar-refractivity contribution is 0.488. The Morgan fingerprint density at radius 1 is 1.06 bits per heavy atom. The van der Waals surface area contributed by atoms with E-state index in [1.165, 1.54) is 0 Å². The minimum absolute atomic E-state index is 0.225. The molecule has 1 rings (SSSR count). The summed E-state index contributed by atoms with van der Waals surface area (Å²) in [7, 11) is 0. The van der Waals surface area contributed by atoms with Gasteiger partial charge in [0.1, 0.15) is 0 Å². The van der Waals surface area contributed by atoms with Gasteiger partial charge in [0.15, 0.2) is 0 Å². The van der Waals surface area contributed by atoms with Gasteiger partial charge in [-0.25, -0.2) is 0 Å². The molecule has 0 aliphatic carbocycles. The highest BCUT2D eigenvalue weighted by molar-refractivity contribution is 6.49. The van der Waals surface area contributed by atoms with E-state index in [1.54, 1.807) is 6.07 Å². The van der Waals surface area contributed by atoms with Gasteiger partial charge in [-0.3, -0.25) is 0 Å². The average Bonchev–Trinajstić information content (AvgIpc) is 2.13. The molecule has 0 aliphatic heterocycles. The normalized spacial score (nSPS) is 11.9. The molecule has 2 N–H and O–H groups in total. The zero-order chi connectivity index (χ0) is 12.5. The molecule has 1 aromatic carbocycles. The van der Waals surface area contributed by atoms with Crippen LogP contribution in [0, 0.1) is 0 Å². The predicted molar refractivity (Wildman–Crippen MR) is 73.2 cm³/mol. The molecule has 1 nitrogen and oxygen atoms in total. The number of halogens is 4. The molecule has 0 atom stereocenters. The Morgan fingerprint density at radius 3 is 2.12 bits per heavy atom. The summed E-state index contributed by atoms with van der Waals surface area (Å²) in [6, 6.07) is 1.62. The summed E-state index contributed by atoms with van der Waals surface area (Å²) >= 11 is 24.2. The molecular formula is C11H13Cl4N. The van der Waals surface area contributed by atoms with E-state index in [9.17, 15) is 0 Å². The summed E-state index contributed by atoms with van der Waals surface area (Å²) in [4.78, 5) is 0. The third-order valence-electron chi connectivity index (χ3n) is 2.56. The van der Waals surface area contributed by atoms with Crippen LogP contribution in [0.5, 0.6) is 0 Å². The van der Waals surface area contributed by atoms with Crippen molar-refractivity contribution in [1.29, 1.82) is 0 Å². The minimum atomic E-state index is -0.225. The molecule has 90 valence electrons. The van der Waals surface area contributed by atoms with Crippen LogP contribution in [0.1, 0.15) is 25.8 Å². The second-order valence-electron chi connectivity index (χ2n) is 4.27. The van der Waals surface area contributed by atoms with Crippen LogP contribution in [0.25, 0.3) is 0 Å². The minimum Gasteiger partial charge on any atom is -0.330 e. The first kappa shape index (κ1) is 14.4. The van der Waals surface area contributed by atoms with E-state index in [-0.39, 0.29) is 5.41 Å². The summed E-state index contributed by atoms with van der Waals surface area (Å²) in [5.74, 6) is 0. The number of hydrogen-bond acceptors (Lipinski definition) is 1. The fourth-order valence-corrected chi connectivity index (χ4v) is 3.10. The van der Waals surface area contributed by atoms with Crippen molar-refractivity contribution in [2.24, 2.45) is 5.73 Å². The van der Waals surface area contributed by atoms with E-state index in [2.05, 4.69) is 0 Å². The molecule has 0 heterocycles. The molecular weight excluding hydrogens is 288 g/mol. The lowest BCUT2D eigenvalue weighted by Crippen LogP contribution is -2.22. The Labute approximate surface area is 116 Å². The fraction of sp³-hybridized carbons (Fsp3) is 0.455. The maximum Gasteiger partial charge on any atom is 0.0782 e. The molecule has 0 saturated carbocycles. The highest BCUT2D eigenvalue weighted by atomic mass is 35.5. The molecule has 0 aromatic heterocycles. The molecule has 5 heteroatoms. The molecule has 0 unspecified atom stereocenters. The third-order valence-corrected chi connectivity index (χ3v) is 4.12. The van der Waals surface area contributed by atoms with Gasteiger partial charge in [0.25, 0.3) is 0 Å². The number of nitrogens with two attached hydrogens (primary N) is 1. The van der Waals surface area contributed by atoms with Gasteiger partial charge in [-0.1, -0.05) is 60.3 Å². The fourth-order valence-electron chi connectivity index (χ4n) is 1.67. The van der Waals surface area contributed by atoms with Gasteiger partial charge < -0.3 is 5.73 Å². The summed E-state index contributed by atoms with van der Waals surface area (Å²) < 4.78 is 0. The van der Waals surface area contributed by atoms with E-state index in [4.69, 9.17) is 52.1 Å². The van der Waals surface area contributed by atoms with Gasteiger partial charge in [0.2, 0.25) is 0 Å². The lowest BCUT2D eigenvalue weighted by atomic mass is 9.81. The van der Waals surface area contributed by atoms with Crippen molar-refractivity contribution in [2.45, 2.75) is 25.7 Å². The van der Waals surface area contributed by atoms with Crippen molar-refractivity contribution >= 4 is 46.4 Å². The number of benzene rings is 1. The predicted octanol–water partition coefficient (Wildman–Crippen LogP) is 4.93.